The minimum absolute atomic E-state index is 0.276. The Morgan fingerprint density at radius 3 is 2.55 bits per heavy atom. The molecule has 1 atom stereocenters. The Morgan fingerprint density at radius 2 is 2.18 bits per heavy atom. The van der Waals surface area contributed by atoms with E-state index in [9.17, 15) is 4.39 Å². The Bertz CT molecular complexity index is 90.2. The Morgan fingerprint density at radius 1 is 1.55 bits per heavy atom. The van der Waals surface area contributed by atoms with E-state index in [-0.39, 0.29) is 6.67 Å². The highest BCUT2D eigenvalue weighted by Gasteiger charge is 2.10. The first-order valence-electron chi connectivity index (χ1n) is 4.05. The van der Waals surface area contributed by atoms with Gasteiger partial charge in [-0.05, 0) is 13.5 Å². The fraction of sp³-hybridized carbons (Fsp3) is 1.00. The number of methoxy groups -OCH3 is 1. The van der Waals surface area contributed by atoms with Gasteiger partial charge >= 0.3 is 0 Å². The molecule has 0 aromatic heterocycles. The summed E-state index contributed by atoms with van der Waals surface area (Å²) in [5.41, 5.74) is 0. The molecule has 0 aromatic rings. The molecule has 0 saturated heterocycles. The van der Waals surface area contributed by atoms with E-state index >= 15 is 0 Å². The molecule has 0 amide bonds. The fourth-order valence-electron chi connectivity index (χ4n) is 1.15. The number of halogens is 1. The second-order valence-corrected chi connectivity index (χ2v) is 2.62. The zero-order valence-electron chi connectivity index (χ0n) is 7.64. The van der Waals surface area contributed by atoms with Crippen molar-refractivity contribution in [2.45, 2.75) is 19.9 Å². The smallest absolute Gasteiger partial charge is 0.102 e. The Hall–Kier alpha value is -0.150. The van der Waals surface area contributed by atoms with Crippen molar-refractivity contribution in [2.24, 2.45) is 0 Å². The molecule has 11 heavy (non-hydrogen) atoms. The van der Waals surface area contributed by atoms with Crippen molar-refractivity contribution >= 4 is 0 Å². The van der Waals surface area contributed by atoms with Crippen LogP contribution >= 0.6 is 0 Å². The summed E-state index contributed by atoms with van der Waals surface area (Å²) in [7, 11) is 1.67. The third kappa shape index (κ3) is 4.32. The van der Waals surface area contributed by atoms with E-state index in [2.05, 4.69) is 4.90 Å². The lowest BCUT2D eigenvalue weighted by molar-refractivity contribution is 0.0983. The largest absolute Gasteiger partial charge is 0.383 e. The normalized spacial score (nSPS) is 13.9. The lowest BCUT2D eigenvalue weighted by Gasteiger charge is -2.25. The number of ether oxygens (including phenoxy) is 1. The van der Waals surface area contributed by atoms with Gasteiger partial charge in [-0.25, -0.2) is 4.39 Å². The van der Waals surface area contributed by atoms with Crippen molar-refractivity contribution in [3.63, 3.8) is 0 Å². The highest BCUT2D eigenvalue weighted by Crippen LogP contribution is 1.98. The molecule has 0 saturated carbocycles. The maximum absolute atomic E-state index is 11.9. The van der Waals surface area contributed by atoms with Crippen molar-refractivity contribution < 1.29 is 9.13 Å². The molecule has 0 aliphatic rings. The Kier molecular flexibility index (Phi) is 6.46. The SMILES string of the molecule is CCN(CCF)C(C)COC. The van der Waals surface area contributed by atoms with Crippen LogP contribution in [0.2, 0.25) is 0 Å². The average Bonchev–Trinajstić information content (AvgIpc) is 2.00. The maximum atomic E-state index is 11.9. The first-order chi connectivity index (χ1) is 5.26. The molecule has 3 heteroatoms. The summed E-state index contributed by atoms with van der Waals surface area (Å²) in [5.74, 6) is 0. The predicted octanol–water partition coefficient (Wildman–Crippen LogP) is 1.31. The molecule has 1 unspecified atom stereocenters. The van der Waals surface area contributed by atoms with Crippen molar-refractivity contribution in [3.8, 4) is 0 Å². The van der Waals surface area contributed by atoms with Gasteiger partial charge in [0, 0.05) is 19.7 Å². The summed E-state index contributed by atoms with van der Waals surface area (Å²) in [6.07, 6.45) is 0. The highest BCUT2D eigenvalue weighted by molar-refractivity contribution is 4.64. The summed E-state index contributed by atoms with van der Waals surface area (Å²) in [6, 6.07) is 0.320. The topological polar surface area (TPSA) is 12.5 Å². The van der Waals surface area contributed by atoms with Gasteiger partial charge in [0.1, 0.15) is 6.67 Å². The number of rotatable bonds is 6. The van der Waals surface area contributed by atoms with E-state index in [0.29, 0.717) is 19.2 Å². The zero-order chi connectivity index (χ0) is 8.69. The monoisotopic (exact) mass is 163 g/mol. The minimum Gasteiger partial charge on any atom is -0.383 e. The van der Waals surface area contributed by atoms with Crippen molar-refractivity contribution in [1.82, 2.24) is 4.90 Å². The lowest BCUT2D eigenvalue weighted by atomic mass is 10.3. The van der Waals surface area contributed by atoms with Crippen molar-refractivity contribution in [2.75, 3.05) is 33.5 Å². The van der Waals surface area contributed by atoms with Gasteiger partial charge in [0.05, 0.1) is 6.61 Å². The molecule has 2 nitrogen and oxygen atoms in total. The number of nitrogens with zero attached hydrogens (tertiary/aromatic N) is 1. The van der Waals surface area contributed by atoms with Crippen molar-refractivity contribution in [1.29, 1.82) is 0 Å². The van der Waals surface area contributed by atoms with Crippen LogP contribution < -0.4 is 0 Å². The van der Waals surface area contributed by atoms with Gasteiger partial charge in [-0.15, -0.1) is 0 Å². The fourth-order valence-corrected chi connectivity index (χ4v) is 1.15. The number of alkyl halides is 1. The predicted molar refractivity (Wildman–Crippen MR) is 44.6 cm³/mol. The molecule has 0 aromatic carbocycles. The maximum Gasteiger partial charge on any atom is 0.102 e. The Labute approximate surface area is 68.3 Å². The van der Waals surface area contributed by atoms with E-state index in [1.165, 1.54) is 0 Å². The first kappa shape index (κ1) is 10.8. The first-order valence-corrected chi connectivity index (χ1v) is 4.05. The van der Waals surface area contributed by atoms with Crippen LogP contribution in [0.15, 0.2) is 0 Å². The van der Waals surface area contributed by atoms with Crippen LogP contribution in [-0.2, 0) is 4.74 Å². The second kappa shape index (κ2) is 6.55. The Balaban J connectivity index is 3.61. The highest BCUT2D eigenvalue weighted by atomic mass is 19.1. The number of hydrogen-bond donors (Lipinski definition) is 0. The lowest BCUT2D eigenvalue weighted by Crippen LogP contribution is -2.37. The third-order valence-corrected chi connectivity index (χ3v) is 1.81. The van der Waals surface area contributed by atoms with Crippen LogP contribution in [0.25, 0.3) is 0 Å². The second-order valence-electron chi connectivity index (χ2n) is 2.62. The molecular weight excluding hydrogens is 145 g/mol. The summed E-state index contributed by atoms with van der Waals surface area (Å²) in [6.45, 7) is 5.87. The van der Waals surface area contributed by atoms with Gasteiger partial charge in [-0.1, -0.05) is 6.92 Å². The molecule has 0 spiro atoms. The van der Waals surface area contributed by atoms with Gasteiger partial charge < -0.3 is 4.74 Å². The van der Waals surface area contributed by atoms with Crippen molar-refractivity contribution in [3.05, 3.63) is 0 Å². The zero-order valence-corrected chi connectivity index (χ0v) is 7.64. The molecule has 0 fully saturated rings. The molecule has 68 valence electrons. The van der Waals surface area contributed by atoms with E-state index in [1.807, 2.05) is 13.8 Å². The van der Waals surface area contributed by atoms with Crippen LogP contribution in [0, 0.1) is 0 Å². The minimum atomic E-state index is -0.276. The van der Waals surface area contributed by atoms with Gasteiger partial charge in [0.2, 0.25) is 0 Å². The van der Waals surface area contributed by atoms with E-state index in [0.717, 1.165) is 6.54 Å². The van der Waals surface area contributed by atoms with Crippen LogP contribution in [0.3, 0.4) is 0 Å². The van der Waals surface area contributed by atoms with Crippen LogP contribution in [-0.4, -0.2) is 44.4 Å². The average molecular weight is 163 g/mol. The molecule has 0 N–H and O–H groups in total. The standard InChI is InChI=1S/C8H18FNO/c1-4-10(6-5-9)8(2)7-11-3/h8H,4-7H2,1-3H3. The molecular formula is C8H18FNO. The summed E-state index contributed by atoms with van der Waals surface area (Å²) in [5, 5.41) is 0. The molecule has 0 heterocycles. The molecule has 0 rings (SSSR count). The quantitative estimate of drug-likeness (QED) is 0.585. The summed E-state index contributed by atoms with van der Waals surface area (Å²) in [4.78, 5) is 2.06. The van der Waals surface area contributed by atoms with E-state index in [4.69, 9.17) is 4.74 Å². The molecule has 0 bridgehead atoms. The van der Waals surface area contributed by atoms with Gasteiger partial charge in [-0.3, -0.25) is 4.90 Å². The van der Waals surface area contributed by atoms with Gasteiger partial charge in [0.25, 0.3) is 0 Å². The van der Waals surface area contributed by atoms with E-state index in [1.54, 1.807) is 7.11 Å². The third-order valence-electron chi connectivity index (χ3n) is 1.81. The number of likely N-dealkylation sites (N-methyl/N-ethyl adjacent to an activating group) is 1. The van der Waals surface area contributed by atoms with E-state index < -0.39 is 0 Å². The molecule has 0 aliphatic carbocycles. The van der Waals surface area contributed by atoms with Crippen LogP contribution in [0.4, 0.5) is 4.39 Å². The van der Waals surface area contributed by atoms with Gasteiger partial charge in [0.15, 0.2) is 0 Å². The van der Waals surface area contributed by atoms with Crippen LogP contribution in [0.1, 0.15) is 13.8 Å². The number of hydrogen-bond acceptors (Lipinski definition) is 2. The molecule has 0 radical (unpaired) electrons. The molecule has 0 aliphatic heterocycles. The summed E-state index contributed by atoms with van der Waals surface area (Å²) >= 11 is 0. The van der Waals surface area contributed by atoms with Gasteiger partial charge in [-0.2, -0.15) is 0 Å². The van der Waals surface area contributed by atoms with Crippen LogP contribution in [0.5, 0.6) is 0 Å². The summed E-state index contributed by atoms with van der Waals surface area (Å²) < 4.78 is 16.9.